The first kappa shape index (κ1) is 29.9. The van der Waals surface area contributed by atoms with Gasteiger partial charge in [0.25, 0.3) is 5.91 Å². The van der Waals surface area contributed by atoms with E-state index in [1.54, 1.807) is 6.08 Å². The minimum Gasteiger partial charge on any atom is -0.492 e. The first-order chi connectivity index (χ1) is 19.6. The average Bonchev–Trinajstić information content (AvgIpc) is 3.31. The molecule has 0 aliphatic carbocycles. The summed E-state index contributed by atoms with van der Waals surface area (Å²) < 4.78 is 33.4. The van der Waals surface area contributed by atoms with Gasteiger partial charge in [-0.1, -0.05) is 66.2 Å². The number of sulfonamides is 1. The van der Waals surface area contributed by atoms with Gasteiger partial charge in [0.2, 0.25) is 15.9 Å². The third-order valence-electron chi connectivity index (χ3n) is 6.38. The Hall–Kier alpha value is -4.08. The van der Waals surface area contributed by atoms with Crippen molar-refractivity contribution in [3.63, 3.8) is 0 Å². The summed E-state index contributed by atoms with van der Waals surface area (Å²) in [5.74, 6) is -1.04. The average molecular weight is 594 g/mol. The monoisotopic (exact) mass is 593 g/mol. The Labute approximate surface area is 244 Å². The Morgan fingerprint density at radius 3 is 2.54 bits per heavy atom. The number of aromatic nitrogens is 1. The summed E-state index contributed by atoms with van der Waals surface area (Å²) in [4.78, 5) is 28.2. The fraction of sp³-hybridized carbons (Fsp3) is 0.226. The molecule has 0 saturated carbocycles. The maximum Gasteiger partial charge on any atom is 0.281 e. The number of ether oxygens (including phenoxy) is 1. The second kappa shape index (κ2) is 13.5. The van der Waals surface area contributed by atoms with E-state index in [1.807, 2.05) is 80.6 Å². The van der Waals surface area contributed by atoms with Crippen LogP contribution in [0.1, 0.15) is 39.2 Å². The van der Waals surface area contributed by atoms with Crippen LogP contribution in [0, 0.1) is 13.8 Å². The van der Waals surface area contributed by atoms with Gasteiger partial charge in [-0.05, 0) is 67.2 Å². The maximum absolute atomic E-state index is 13.1. The quantitative estimate of drug-likeness (QED) is 0.151. The van der Waals surface area contributed by atoms with Crippen LogP contribution in [-0.2, 0) is 21.2 Å². The summed E-state index contributed by atoms with van der Waals surface area (Å²) in [6.45, 7) is 4.10. The fourth-order valence-corrected chi connectivity index (χ4v) is 5.47. The van der Waals surface area contributed by atoms with Crippen LogP contribution in [0.15, 0.2) is 72.8 Å². The molecule has 0 radical (unpaired) electrons. The molecule has 8 nitrogen and oxygen atoms in total. The van der Waals surface area contributed by atoms with E-state index in [4.69, 9.17) is 16.3 Å². The van der Waals surface area contributed by atoms with E-state index in [-0.39, 0.29) is 12.2 Å². The molecule has 3 N–H and O–H groups in total. The van der Waals surface area contributed by atoms with Gasteiger partial charge in [-0.3, -0.25) is 9.59 Å². The third-order valence-corrected chi connectivity index (χ3v) is 8.10. The van der Waals surface area contributed by atoms with Crippen molar-refractivity contribution in [3.05, 3.63) is 106 Å². The highest BCUT2D eigenvalue weighted by atomic mass is 35.5. The molecule has 0 unspecified atom stereocenters. The molecular formula is C31H32ClN3O5S. The number of fused-ring (bicyclic) bond motifs is 1. The van der Waals surface area contributed by atoms with Crippen molar-refractivity contribution in [2.24, 2.45) is 0 Å². The van der Waals surface area contributed by atoms with Gasteiger partial charge >= 0.3 is 0 Å². The molecule has 41 heavy (non-hydrogen) atoms. The number of halogens is 1. The molecule has 2 amide bonds. The number of aromatic amines is 1. The molecule has 3 aromatic carbocycles. The van der Waals surface area contributed by atoms with Crippen LogP contribution >= 0.6 is 11.6 Å². The van der Waals surface area contributed by atoms with E-state index in [9.17, 15) is 18.0 Å². The zero-order valence-electron chi connectivity index (χ0n) is 22.9. The van der Waals surface area contributed by atoms with Crippen molar-refractivity contribution in [3.8, 4) is 5.75 Å². The summed E-state index contributed by atoms with van der Waals surface area (Å²) in [7, 11) is -4.02. The van der Waals surface area contributed by atoms with Crippen molar-refractivity contribution in [2.75, 3.05) is 18.9 Å². The van der Waals surface area contributed by atoms with Crippen molar-refractivity contribution in [1.82, 2.24) is 15.0 Å². The highest BCUT2D eigenvalue weighted by Gasteiger charge is 2.22. The fourth-order valence-electron chi connectivity index (χ4n) is 4.45. The second-order valence-electron chi connectivity index (χ2n) is 9.66. The first-order valence-corrected chi connectivity index (χ1v) is 15.2. The van der Waals surface area contributed by atoms with Gasteiger partial charge < -0.3 is 15.0 Å². The molecule has 4 rings (SSSR count). The van der Waals surface area contributed by atoms with Crippen LogP contribution in [0.5, 0.6) is 5.75 Å². The molecule has 0 bridgehead atoms. The predicted molar refractivity (Wildman–Crippen MR) is 163 cm³/mol. The van der Waals surface area contributed by atoms with Gasteiger partial charge in [-0.15, -0.1) is 0 Å². The maximum atomic E-state index is 13.1. The molecule has 0 aliphatic heterocycles. The van der Waals surface area contributed by atoms with E-state index >= 15 is 0 Å². The lowest BCUT2D eigenvalue weighted by atomic mass is 10.1. The van der Waals surface area contributed by atoms with Gasteiger partial charge in [0, 0.05) is 23.5 Å². The summed E-state index contributed by atoms with van der Waals surface area (Å²) in [6.07, 6.45) is 4.00. The predicted octanol–water partition coefficient (Wildman–Crippen LogP) is 5.34. The van der Waals surface area contributed by atoms with Crippen molar-refractivity contribution in [1.29, 1.82) is 0 Å². The largest absolute Gasteiger partial charge is 0.492 e. The Balaban J connectivity index is 1.36. The molecule has 0 aliphatic rings. The molecule has 4 aromatic rings. The molecule has 0 spiro atoms. The number of carbonyl (C=O) groups is 2. The summed E-state index contributed by atoms with van der Waals surface area (Å²) >= 11 is 6.38. The third kappa shape index (κ3) is 8.22. The van der Waals surface area contributed by atoms with Crippen LogP contribution in [0.2, 0.25) is 5.02 Å². The number of rotatable bonds is 12. The lowest BCUT2D eigenvalue weighted by Gasteiger charge is -2.11. The van der Waals surface area contributed by atoms with Crippen LogP contribution in [0.4, 0.5) is 0 Å². The minimum absolute atomic E-state index is 0.154. The van der Waals surface area contributed by atoms with E-state index < -0.39 is 27.6 Å². The lowest BCUT2D eigenvalue weighted by molar-refractivity contribution is -0.116. The Morgan fingerprint density at radius 1 is 1.02 bits per heavy atom. The van der Waals surface area contributed by atoms with Gasteiger partial charge in [-0.2, -0.15) is 0 Å². The van der Waals surface area contributed by atoms with Crippen molar-refractivity contribution in [2.45, 2.75) is 26.7 Å². The molecule has 1 heterocycles. The van der Waals surface area contributed by atoms with E-state index in [1.165, 1.54) is 6.08 Å². The Morgan fingerprint density at radius 2 is 1.76 bits per heavy atom. The number of para-hydroxylation sites is 1. The normalized spacial score (nSPS) is 11.6. The van der Waals surface area contributed by atoms with Crippen LogP contribution in [0.3, 0.4) is 0 Å². The number of amides is 2. The first-order valence-electron chi connectivity index (χ1n) is 13.2. The number of aryl methyl sites for hydroxylation is 3. The highest BCUT2D eigenvalue weighted by molar-refractivity contribution is 7.90. The molecule has 214 valence electrons. The molecule has 1 aromatic heterocycles. The van der Waals surface area contributed by atoms with Gasteiger partial charge in [0.1, 0.15) is 11.4 Å². The second-order valence-corrected chi connectivity index (χ2v) is 11.9. The number of hydrogen-bond acceptors (Lipinski definition) is 5. The molecule has 0 fully saturated rings. The SMILES string of the molecule is Cc1cc(C)c(Cl)c(OCCCc2c(C(=O)NS(=O)(=O)CCNC(=O)C=Cc3ccccc3)[nH]c3ccccc23)c1. The molecule has 0 atom stereocenters. The highest BCUT2D eigenvalue weighted by Crippen LogP contribution is 2.30. The molecular weight excluding hydrogens is 562 g/mol. The van der Waals surface area contributed by atoms with Crippen LogP contribution in [-0.4, -0.2) is 44.1 Å². The smallest absolute Gasteiger partial charge is 0.281 e. The standard InChI is InChI=1S/C31H32ClN3O5S/c1-21-19-22(2)29(32)27(20-21)40-17-8-12-25-24-11-6-7-13-26(24)34-30(25)31(37)35-41(38,39)18-16-33-28(36)15-14-23-9-4-3-5-10-23/h3-7,9-11,13-15,19-20,34H,8,12,16-18H2,1-2H3,(H,33,36)(H,35,37). The van der Waals surface area contributed by atoms with Crippen molar-refractivity contribution >= 4 is 50.4 Å². The molecule has 10 heteroatoms. The van der Waals surface area contributed by atoms with Crippen LogP contribution in [0.25, 0.3) is 17.0 Å². The van der Waals surface area contributed by atoms with Crippen molar-refractivity contribution < 1.29 is 22.7 Å². The van der Waals surface area contributed by atoms with Crippen LogP contribution < -0.4 is 14.8 Å². The Kier molecular flexibility index (Phi) is 9.86. The zero-order chi connectivity index (χ0) is 29.4. The van der Waals surface area contributed by atoms with E-state index in [0.717, 1.165) is 27.6 Å². The van der Waals surface area contributed by atoms with Gasteiger partial charge in [-0.25, -0.2) is 13.1 Å². The number of carbonyl (C=O) groups excluding carboxylic acids is 2. The van der Waals surface area contributed by atoms with Gasteiger partial charge in [0.05, 0.1) is 17.4 Å². The summed E-state index contributed by atoms with van der Waals surface area (Å²) in [5, 5.41) is 3.92. The summed E-state index contributed by atoms with van der Waals surface area (Å²) in [6, 6.07) is 20.5. The number of hydrogen-bond donors (Lipinski definition) is 3. The van der Waals surface area contributed by atoms with Gasteiger partial charge in [0.15, 0.2) is 0 Å². The number of H-pyrrole nitrogens is 1. The zero-order valence-corrected chi connectivity index (χ0v) is 24.4. The van der Waals surface area contributed by atoms with E-state index in [0.29, 0.717) is 35.8 Å². The minimum atomic E-state index is -4.02. The number of benzene rings is 3. The number of nitrogens with one attached hydrogen (secondary N) is 3. The van der Waals surface area contributed by atoms with E-state index in [2.05, 4.69) is 15.0 Å². The Bertz CT molecular complexity index is 1680. The molecule has 0 saturated heterocycles. The summed E-state index contributed by atoms with van der Waals surface area (Å²) in [5.41, 5.74) is 4.42. The lowest BCUT2D eigenvalue weighted by Crippen LogP contribution is -2.37. The topological polar surface area (TPSA) is 117 Å².